The number of amides is 1. The van der Waals surface area contributed by atoms with E-state index < -0.39 is 23.7 Å². The second kappa shape index (κ2) is 4.96. The van der Waals surface area contributed by atoms with Crippen LogP contribution in [-0.4, -0.2) is 35.0 Å². The number of hydrogen-bond donors (Lipinski definition) is 1. The van der Waals surface area contributed by atoms with Crippen LogP contribution in [0.15, 0.2) is 22.6 Å². The molecule has 2 aromatic rings. The van der Waals surface area contributed by atoms with Gasteiger partial charge in [0, 0.05) is 18.0 Å². The van der Waals surface area contributed by atoms with Gasteiger partial charge in [0.2, 0.25) is 0 Å². The summed E-state index contributed by atoms with van der Waals surface area (Å²) in [7, 11) is 1.37. The molecule has 0 fully saturated rings. The summed E-state index contributed by atoms with van der Waals surface area (Å²) < 4.78 is 18.9. The van der Waals surface area contributed by atoms with Gasteiger partial charge in [0.05, 0.1) is 0 Å². The molecule has 0 aliphatic rings. The smallest absolute Gasteiger partial charge is 0.326 e. The van der Waals surface area contributed by atoms with Crippen LogP contribution in [-0.2, 0) is 4.79 Å². The predicted molar refractivity (Wildman–Crippen MR) is 70.1 cm³/mol. The summed E-state index contributed by atoms with van der Waals surface area (Å²) >= 11 is 0. The van der Waals surface area contributed by atoms with Crippen molar-refractivity contribution < 1.29 is 23.5 Å². The number of para-hydroxylation sites is 1. The highest BCUT2D eigenvalue weighted by molar-refractivity contribution is 6.00. The van der Waals surface area contributed by atoms with Crippen LogP contribution >= 0.6 is 0 Å². The number of rotatable bonds is 3. The van der Waals surface area contributed by atoms with Crippen molar-refractivity contribution in [2.45, 2.75) is 19.9 Å². The van der Waals surface area contributed by atoms with E-state index in [9.17, 15) is 14.0 Å². The van der Waals surface area contributed by atoms with Crippen LogP contribution in [0.2, 0.25) is 0 Å². The second-order valence-corrected chi connectivity index (χ2v) is 4.60. The number of carboxylic acids is 1. The molecule has 0 aliphatic heterocycles. The Balaban J connectivity index is 2.48. The largest absolute Gasteiger partial charge is 0.480 e. The SMILES string of the molecule is Cc1c(C(=O)N(C)C(C)C(=O)O)oc2c(F)cccc12. The van der Waals surface area contributed by atoms with Crippen LogP contribution in [0, 0.1) is 12.7 Å². The fourth-order valence-corrected chi connectivity index (χ4v) is 1.91. The molecule has 106 valence electrons. The van der Waals surface area contributed by atoms with Gasteiger partial charge in [0.1, 0.15) is 6.04 Å². The standard InChI is InChI=1S/C14H14FNO4/c1-7-9-5-4-6-10(15)12(9)20-11(7)13(17)16(3)8(2)14(18)19/h4-6,8H,1-3H3,(H,18,19). The van der Waals surface area contributed by atoms with Gasteiger partial charge in [-0.05, 0) is 19.9 Å². The van der Waals surface area contributed by atoms with Gasteiger partial charge in [0.25, 0.3) is 5.91 Å². The first-order valence-corrected chi connectivity index (χ1v) is 6.02. The highest BCUT2D eigenvalue weighted by Gasteiger charge is 2.27. The number of furan rings is 1. The van der Waals surface area contributed by atoms with Gasteiger partial charge in [0.15, 0.2) is 17.2 Å². The Morgan fingerprint density at radius 2 is 2.05 bits per heavy atom. The molecule has 1 aromatic heterocycles. The topological polar surface area (TPSA) is 70.8 Å². The Labute approximate surface area is 114 Å². The van der Waals surface area contributed by atoms with E-state index in [1.807, 2.05) is 0 Å². The van der Waals surface area contributed by atoms with E-state index in [1.165, 1.54) is 26.1 Å². The number of hydrogen-bond acceptors (Lipinski definition) is 3. The van der Waals surface area contributed by atoms with Crippen molar-refractivity contribution in [3.05, 3.63) is 35.3 Å². The molecule has 0 bridgehead atoms. The normalized spacial score (nSPS) is 12.4. The fraction of sp³-hybridized carbons (Fsp3) is 0.286. The number of carbonyl (C=O) groups is 2. The van der Waals surface area contributed by atoms with Crippen LogP contribution in [0.3, 0.4) is 0 Å². The van der Waals surface area contributed by atoms with E-state index in [1.54, 1.807) is 13.0 Å². The summed E-state index contributed by atoms with van der Waals surface area (Å²) in [5, 5.41) is 9.42. The number of benzene rings is 1. The number of aliphatic carboxylic acids is 1. The summed E-state index contributed by atoms with van der Waals surface area (Å²) in [5.41, 5.74) is 0.499. The molecule has 0 spiro atoms. The molecule has 2 rings (SSSR count). The van der Waals surface area contributed by atoms with E-state index in [4.69, 9.17) is 9.52 Å². The van der Waals surface area contributed by atoms with Gasteiger partial charge in [-0.2, -0.15) is 0 Å². The number of fused-ring (bicyclic) bond motifs is 1. The second-order valence-electron chi connectivity index (χ2n) is 4.60. The highest BCUT2D eigenvalue weighted by atomic mass is 19.1. The lowest BCUT2D eigenvalue weighted by Gasteiger charge is -2.20. The van der Waals surface area contributed by atoms with E-state index >= 15 is 0 Å². The lowest BCUT2D eigenvalue weighted by Crippen LogP contribution is -2.40. The lowest BCUT2D eigenvalue weighted by atomic mass is 10.1. The zero-order valence-corrected chi connectivity index (χ0v) is 11.3. The Hall–Kier alpha value is -2.37. The number of nitrogens with zero attached hydrogens (tertiary/aromatic N) is 1. The van der Waals surface area contributed by atoms with Crippen molar-refractivity contribution in [2.75, 3.05) is 7.05 Å². The number of halogens is 1. The lowest BCUT2D eigenvalue weighted by molar-refractivity contribution is -0.141. The number of aryl methyl sites for hydroxylation is 1. The van der Waals surface area contributed by atoms with Crippen LogP contribution < -0.4 is 0 Å². The third-order valence-corrected chi connectivity index (χ3v) is 3.37. The number of carboxylic acid groups (broad SMARTS) is 1. The van der Waals surface area contributed by atoms with Gasteiger partial charge in [-0.25, -0.2) is 9.18 Å². The molecule has 0 saturated heterocycles. The molecule has 0 aliphatic carbocycles. The molecule has 1 unspecified atom stereocenters. The quantitative estimate of drug-likeness (QED) is 0.936. The third kappa shape index (κ3) is 2.13. The van der Waals surface area contributed by atoms with Crippen molar-refractivity contribution in [2.24, 2.45) is 0 Å². The molecule has 20 heavy (non-hydrogen) atoms. The Bertz CT molecular complexity index is 692. The maximum absolute atomic E-state index is 13.6. The van der Waals surface area contributed by atoms with Crippen molar-refractivity contribution in [3.8, 4) is 0 Å². The summed E-state index contributed by atoms with van der Waals surface area (Å²) in [6, 6.07) is 3.41. The van der Waals surface area contributed by atoms with Crippen molar-refractivity contribution in [3.63, 3.8) is 0 Å². The molecule has 0 saturated carbocycles. The Morgan fingerprint density at radius 1 is 1.40 bits per heavy atom. The van der Waals surface area contributed by atoms with Gasteiger partial charge in [-0.15, -0.1) is 0 Å². The van der Waals surface area contributed by atoms with Crippen LogP contribution in [0.4, 0.5) is 4.39 Å². The Morgan fingerprint density at radius 3 is 2.60 bits per heavy atom. The van der Waals surface area contributed by atoms with E-state index in [-0.39, 0.29) is 11.3 Å². The van der Waals surface area contributed by atoms with Gasteiger partial charge >= 0.3 is 5.97 Å². The van der Waals surface area contributed by atoms with Crippen molar-refractivity contribution >= 4 is 22.8 Å². The molecular weight excluding hydrogens is 265 g/mol. The maximum atomic E-state index is 13.6. The fourth-order valence-electron chi connectivity index (χ4n) is 1.91. The van der Waals surface area contributed by atoms with Crippen LogP contribution in [0.1, 0.15) is 23.0 Å². The third-order valence-electron chi connectivity index (χ3n) is 3.37. The zero-order valence-electron chi connectivity index (χ0n) is 11.3. The minimum absolute atomic E-state index is 0.00438. The molecule has 1 amide bonds. The maximum Gasteiger partial charge on any atom is 0.326 e. The van der Waals surface area contributed by atoms with Gasteiger partial charge in [-0.1, -0.05) is 12.1 Å². The minimum Gasteiger partial charge on any atom is -0.480 e. The zero-order chi connectivity index (χ0) is 15.0. The molecule has 5 nitrogen and oxygen atoms in total. The molecule has 1 N–H and O–H groups in total. The molecule has 1 aromatic carbocycles. The van der Waals surface area contributed by atoms with Crippen molar-refractivity contribution in [1.82, 2.24) is 4.90 Å². The first-order chi connectivity index (χ1) is 9.34. The molecule has 6 heteroatoms. The summed E-state index contributed by atoms with van der Waals surface area (Å²) in [4.78, 5) is 24.2. The van der Waals surface area contributed by atoms with Gasteiger partial charge < -0.3 is 14.4 Å². The summed E-state index contributed by atoms with van der Waals surface area (Å²) in [6.07, 6.45) is 0. The van der Waals surface area contributed by atoms with E-state index in [0.29, 0.717) is 10.9 Å². The number of carbonyl (C=O) groups excluding carboxylic acids is 1. The highest BCUT2D eigenvalue weighted by Crippen LogP contribution is 2.28. The minimum atomic E-state index is -1.12. The van der Waals surface area contributed by atoms with Gasteiger partial charge in [-0.3, -0.25) is 4.79 Å². The first kappa shape index (κ1) is 14.0. The average molecular weight is 279 g/mol. The molecule has 1 atom stereocenters. The Kier molecular flexibility index (Phi) is 3.48. The summed E-state index contributed by atoms with van der Waals surface area (Å²) in [5.74, 6) is -2.31. The monoisotopic (exact) mass is 279 g/mol. The van der Waals surface area contributed by atoms with Crippen LogP contribution in [0.25, 0.3) is 11.0 Å². The first-order valence-electron chi connectivity index (χ1n) is 6.02. The average Bonchev–Trinajstić information content (AvgIpc) is 2.75. The van der Waals surface area contributed by atoms with Crippen LogP contribution in [0.5, 0.6) is 0 Å². The van der Waals surface area contributed by atoms with E-state index in [2.05, 4.69) is 0 Å². The molecular formula is C14H14FNO4. The number of likely N-dealkylation sites (N-methyl/N-ethyl adjacent to an activating group) is 1. The predicted octanol–water partition coefficient (Wildman–Crippen LogP) is 2.43. The van der Waals surface area contributed by atoms with Crippen molar-refractivity contribution in [1.29, 1.82) is 0 Å². The molecule has 0 radical (unpaired) electrons. The molecule has 1 heterocycles. The van der Waals surface area contributed by atoms with E-state index in [0.717, 1.165) is 4.90 Å². The summed E-state index contributed by atoms with van der Waals surface area (Å²) in [6.45, 7) is 3.02.